The number of rotatable bonds is 4. The number of nitrogens with zero attached hydrogens (tertiary/aromatic N) is 1. The van der Waals surface area contributed by atoms with E-state index in [-0.39, 0.29) is 13.0 Å². The fourth-order valence-electron chi connectivity index (χ4n) is 2.02. The summed E-state index contributed by atoms with van der Waals surface area (Å²) >= 11 is 0. The Morgan fingerprint density at radius 1 is 1.11 bits per heavy atom. The Morgan fingerprint density at radius 2 is 1.74 bits per heavy atom. The molecule has 100 valence electrons. The predicted octanol–water partition coefficient (Wildman–Crippen LogP) is 1.61. The van der Waals surface area contributed by atoms with Crippen LogP contribution in [0, 0.1) is 0 Å². The topological polar surface area (TPSA) is 66.5 Å². The minimum absolute atomic E-state index is 0.199. The average Bonchev–Trinajstić information content (AvgIpc) is 2.36. The smallest absolute Gasteiger partial charge is 0.277 e. The molecule has 0 atom stereocenters. The van der Waals surface area contributed by atoms with Crippen molar-refractivity contribution in [3.05, 3.63) is 35.4 Å². The number of hydrogen-bond donors (Lipinski definition) is 1. The lowest BCUT2D eigenvalue weighted by atomic mass is 10.1. The summed E-state index contributed by atoms with van der Waals surface area (Å²) in [6.45, 7) is 2.31. The van der Waals surface area contributed by atoms with Gasteiger partial charge < -0.3 is 0 Å². The van der Waals surface area contributed by atoms with E-state index in [9.17, 15) is 14.4 Å². The Bertz CT molecular complexity index is 488. The van der Waals surface area contributed by atoms with Gasteiger partial charge >= 0.3 is 6.03 Å². The molecule has 4 amide bonds. The van der Waals surface area contributed by atoms with Gasteiger partial charge in [0.1, 0.15) is 6.42 Å². The van der Waals surface area contributed by atoms with Crippen molar-refractivity contribution in [2.24, 2.45) is 0 Å². The fourth-order valence-corrected chi connectivity index (χ4v) is 2.02. The summed E-state index contributed by atoms with van der Waals surface area (Å²) in [6.07, 6.45) is 1.83. The van der Waals surface area contributed by atoms with Crippen LogP contribution in [-0.2, 0) is 22.6 Å². The predicted molar refractivity (Wildman–Crippen MR) is 69.1 cm³/mol. The molecule has 0 aromatic heterocycles. The van der Waals surface area contributed by atoms with Crippen LogP contribution in [0.1, 0.15) is 30.9 Å². The van der Waals surface area contributed by atoms with Crippen LogP contribution < -0.4 is 5.32 Å². The van der Waals surface area contributed by atoms with Gasteiger partial charge in [-0.05, 0) is 17.5 Å². The number of nitrogens with one attached hydrogen (secondary N) is 1. The molecule has 2 rings (SSSR count). The standard InChI is InChI=1S/C14H16N2O3/c1-2-3-10-4-6-11(7-5-10)9-16-13(18)8-12(17)15-14(16)19/h4-7H,2-3,8-9H2,1H3,(H,15,17,19). The summed E-state index contributed by atoms with van der Waals surface area (Å²) in [5, 5.41) is 2.14. The van der Waals surface area contributed by atoms with Crippen LogP contribution in [0.25, 0.3) is 0 Å². The number of urea groups is 1. The van der Waals surface area contributed by atoms with Crippen molar-refractivity contribution in [1.82, 2.24) is 10.2 Å². The van der Waals surface area contributed by atoms with E-state index in [2.05, 4.69) is 12.2 Å². The van der Waals surface area contributed by atoms with Crippen LogP contribution in [0.5, 0.6) is 0 Å². The van der Waals surface area contributed by atoms with Crippen LogP contribution in [0.15, 0.2) is 24.3 Å². The number of carbonyl (C=O) groups excluding carboxylic acids is 3. The van der Waals surface area contributed by atoms with Crippen molar-refractivity contribution < 1.29 is 14.4 Å². The van der Waals surface area contributed by atoms with Crippen LogP contribution >= 0.6 is 0 Å². The largest absolute Gasteiger partial charge is 0.331 e. The van der Waals surface area contributed by atoms with Gasteiger partial charge in [-0.2, -0.15) is 0 Å². The maximum absolute atomic E-state index is 11.6. The molecule has 0 bridgehead atoms. The average molecular weight is 260 g/mol. The van der Waals surface area contributed by atoms with Gasteiger partial charge in [0.2, 0.25) is 11.8 Å². The summed E-state index contributed by atoms with van der Waals surface area (Å²) in [5.41, 5.74) is 2.11. The summed E-state index contributed by atoms with van der Waals surface area (Å²) in [7, 11) is 0. The molecule has 1 aliphatic rings. The van der Waals surface area contributed by atoms with E-state index >= 15 is 0 Å². The lowest BCUT2D eigenvalue weighted by molar-refractivity contribution is -0.136. The van der Waals surface area contributed by atoms with Crippen molar-refractivity contribution in [1.29, 1.82) is 0 Å². The SMILES string of the molecule is CCCc1ccc(CN2C(=O)CC(=O)NC2=O)cc1. The van der Waals surface area contributed by atoms with Crippen molar-refractivity contribution in [2.75, 3.05) is 0 Å². The summed E-state index contributed by atoms with van der Waals surface area (Å²) in [4.78, 5) is 35.3. The molecule has 1 aromatic rings. The highest BCUT2D eigenvalue weighted by Gasteiger charge is 2.30. The monoisotopic (exact) mass is 260 g/mol. The van der Waals surface area contributed by atoms with Gasteiger partial charge in [-0.15, -0.1) is 0 Å². The number of amides is 4. The molecule has 1 aromatic carbocycles. The van der Waals surface area contributed by atoms with E-state index in [0.717, 1.165) is 23.3 Å². The summed E-state index contributed by atoms with van der Waals surface area (Å²) in [6, 6.07) is 7.16. The molecule has 1 heterocycles. The second kappa shape index (κ2) is 5.65. The van der Waals surface area contributed by atoms with E-state index in [1.807, 2.05) is 24.3 Å². The van der Waals surface area contributed by atoms with Gasteiger partial charge in [-0.25, -0.2) is 4.79 Å². The highest BCUT2D eigenvalue weighted by atomic mass is 16.2. The second-order valence-electron chi connectivity index (χ2n) is 4.58. The summed E-state index contributed by atoms with van der Waals surface area (Å²) < 4.78 is 0. The zero-order valence-electron chi connectivity index (χ0n) is 10.8. The Balaban J connectivity index is 2.05. The minimum Gasteiger partial charge on any atom is -0.277 e. The third kappa shape index (κ3) is 3.19. The van der Waals surface area contributed by atoms with Crippen LogP contribution in [0.2, 0.25) is 0 Å². The Morgan fingerprint density at radius 3 is 2.32 bits per heavy atom. The molecule has 1 fully saturated rings. The zero-order chi connectivity index (χ0) is 13.8. The van der Waals surface area contributed by atoms with Crippen molar-refractivity contribution in [3.63, 3.8) is 0 Å². The maximum Gasteiger partial charge on any atom is 0.331 e. The number of aryl methyl sites for hydroxylation is 1. The lowest BCUT2D eigenvalue weighted by Crippen LogP contribution is -2.52. The van der Waals surface area contributed by atoms with Crippen LogP contribution in [0.3, 0.4) is 0 Å². The summed E-state index contributed by atoms with van der Waals surface area (Å²) in [5.74, 6) is -0.990. The molecule has 5 nitrogen and oxygen atoms in total. The third-order valence-corrected chi connectivity index (χ3v) is 3.01. The van der Waals surface area contributed by atoms with Crippen LogP contribution in [0.4, 0.5) is 4.79 Å². The fraction of sp³-hybridized carbons (Fsp3) is 0.357. The first-order valence-corrected chi connectivity index (χ1v) is 6.32. The zero-order valence-corrected chi connectivity index (χ0v) is 10.8. The van der Waals surface area contributed by atoms with E-state index in [1.54, 1.807) is 0 Å². The Hall–Kier alpha value is -2.17. The highest BCUT2D eigenvalue weighted by molar-refractivity contribution is 6.13. The third-order valence-electron chi connectivity index (χ3n) is 3.01. The molecular formula is C14H16N2O3. The van der Waals surface area contributed by atoms with Gasteiger partial charge in [-0.1, -0.05) is 37.6 Å². The second-order valence-corrected chi connectivity index (χ2v) is 4.58. The van der Waals surface area contributed by atoms with Gasteiger partial charge in [0.25, 0.3) is 0 Å². The van der Waals surface area contributed by atoms with E-state index in [4.69, 9.17) is 0 Å². The molecule has 0 saturated carbocycles. The van der Waals surface area contributed by atoms with Gasteiger partial charge in [0.15, 0.2) is 0 Å². The number of carbonyl (C=O) groups is 3. The first-order chi connectivity index (χ1) is 9.10. The van der Waals surface area contributed by atoms with E-state index in [0.29, 0.717) is 0 Å². The van der Waals surface area contributed by atoms with E-state index < -0.39 is 17.8 Å². The molecule has 19 heavy (non-hydrogen) atoms. The molecule has 1 N–H and O–H groups in total. The highest BCUT2D eigenvalue weighted by Crippen LogP contribution is 2.12. The minimum atomic E-state index is -0.640. The molecule has 1 aliphatic heterocycles. The molecule has 0 aliphatic carbocycles. The van der Waals surface area contributed by atoms with Crippen LogP contribution in [-0.4, -0.2) is 22.7 Å². The molecule has 0 radical (unpaired) electrons. The quantitative estimate of drug-likeness (QED) is 0.836. The molecule has 0 spiro atoms. The molecule has 0 unspecified atom stereocenters. The number of hydrogen-bond acceptors (Lipinski definition) is 3. The van der Waals surface area contributed by atoms with Crippen molar-refractivity contribution in [3.8, 4) is 0 Å². The van der Waals surface area contributed by atoms with Gasteiger partial charge in [-0.3, -0.25) is 19.8 Å². The van der Waals surface area contributed by atoms with E-state index in [1.165, 1.54) is 5.56 Å². The lowest BCUT2D eigenvalue weighted by Gasteiger charge is -2.24. The molecule has 5 heteroatoms. The number of benzene rings is 1. The molecular weight excluding hydrogens is 244 g/mol. The van der Waals surface area contributed by atoms with Gasteiger partial charge in [0.05, 0.1) is 6.54 Å². The van der Waals surface area contributed by atoms with Crippen molar-refractivity contribution >= 4 is 17.8 Å². The number of imide groups is 2. The Labute approximate surface area is 111 Å². The Kier molecular flexibility index (Phi) is 3.94. The number of barbiturate groups is 1. The first-order valence-electron chi connectivity index (χ1n) is 6.32. The maximum atomic E-state index is 11.6. The van der Waals surface area contributed by atoms with Gasteiger partial charge in [0, 0.05) is 0 Å². The normalized spacial score (nSPS) is 15.6. The first kappa shape index (κ1) is 13.3. The van der Waals surface area contributed by atoms with Crippen molar-refractivity contribution in [2.45, 2.75) is 32.7 Å². The molecule has 1 saturated heterocycles.